The van der Waals surface area contributed by atoms with Gasteiger partial charge in [-0.05, 0) is 51.6 Å². The van der Waals surface area contributed by atoms with Crippen LogP contribution in [-0.4, -0.2) is 36.7 Å². The van der Waals surface area contributed by atoms with E-state index in [0.717, 1.165) is 31.3 Å². The molecule has 21 heavy (non-hydrogen) atoms. The summed E-state index contributed by atoms with van der Waals surface area (Å²) in [5.74, 6) is 1.87. The van der Waals surface area contributed by atoms with Crippen LogP contribution in [0, 0.1) is 5.92 Å². The van der Waals surface area contributed by atoms with Crippen molar-refractivity contribution >= 4 is 0 Å². The summed E-state index contributed by atoms with van der Waals surface area (Å²) in [5, 5.41) is 3.82. The van der Waals surface area contributed by atoms with Crippen molar-refractivity contribution < 1.29 is 4.74 Å². The lowest BCUT2D eigenvalue weighted by atomic mass is 9.95. The fourth-order valence-corrected chi connectivity index (χ4v) is 3.64. The van der Waals surface area contributed by atoms with Gasteiger partial charge >= 0.3 is 0 Å². The van der Waals surface area contributed by atoms with Crippen LogP contribution in [0.1, 0.15) is 38.7 Å². The van der Waals surface area contributed by atoms with E-state index in [-0.39, 0.29) is 5.54 Å². The molecule has 3 rings (SSSR count). The van der Waals surface area contributed by atoms with Crippen molar-refractivity contribution in [1.82, 2.24) is 10.2 Å². The third-order valence-corrected chi connectivity index (χ3v) is 5.29. The van der Waals surface area contributed by atoms with Gasteiger partial charge in [-0.25, -0.2) is 0 Å². The number of ether oxygens (including phenoxy) is 1. The van der Waals surface area contributed by atoms with Gasteiger partial charge in [0.25, 0.3) is 0 Å². The van der Waals surface area contributed by atoms with Crippen LogP contribution in [0.15, 0.2) is 24.3 Å². The average Bonchev–Trinajstić information content (AvgIpc) is 3.31. The zero-order valence-electron chi connectivity index (χ0n) is 13.6. The first-order chi connectivity index (χ1) is 10.1. The van der Waals surface area contributed by atoms with E-state index in [2.05, 4.69) is 42.3 Å². The van der Waals surface area contributed by atoms with Crippen molar-refractivity contribution in [1.29, 1.82) is 0 Å². The molecule has 0 aromatic heterocycles. The highest BCUT2D eigenvalue weighted by molar-refractivity contribution is 5.33. The first kappa shape index (κ1) is 14.9. The van der Waals surface area contributed by atoms with Gasteiger partial charge in [0.1, 0.15) is 5.75 Å². The molecular formula is C18H28N2O. The van der Waals surface area contributed by atoms with E-state index in [9.17, 15) is 0 Å². The van der Waals surface area contributed by atoms with Gasteiger partial charge in [0.15, 0.2) is 0 Å². The number of hydrogen-bond donors (Lipinski definition) is 1. The molecule has 3 nitrogen and oxygen atoms in total. The lowest BCUT2D eigenvalue weighted by Gasteiger charge is -2.36. The van der Waals surface area contributed by atoms with Gasteiger partial charge in [-0.1, -0.05) is 18.2 Å². The summed E-state index contributed by atoms with van der Waals surface area (Å²) in [6.45, 7) is 8.02. The van der Waals surface area contributed by atoms with Gasteiger partial charge in [0.05, 0.1) is 7.11 Å². The van der Waals surface area contributed by atoms with Crippen LogP contribution in [0.5, 0.6) is 5.75 Å². The zero-order valence-corrected chi connectivity index (χ0v) is 13.6. The van der Waals surface area contributed by atoms with Gasteiger partial charge < -0.3 is 10.1 Å². The largest absolute Gasteiger partial charge is 0.496 e. The Morgan fingerprint density at radius 1 is 1.29 bits per heavy atom. The summed E-state index contributed by atoms with van der Waals surface area (Å²) in [7, 11) is 1.76. The molecule has 2 fully saturated rings. The number of rotatable bonds is 4. The van der Waals surface area contributed by atoms with Gasteiger partial charge in [0.2, 0.25) is 0 Å². The van der Waals surface area contributed by atoms with E-state index < -0.39 is 0 Å². The first-order valence-corrected chi connectivity index (χ1v) is 8.23. The highest BCUT2D eigenvalue weighted by atomic mass is 16.5. The molecule has 1 saturated heterocycles. The third-order valence-electron chi connectivity index (χ3n) is 5.29. The Kier molecular flexibility index (Phi) is 4.23. The Bertz CT molecular complexity index is 486. The Balaban J connectivity index is 1.78. The summed E-state index contributed by atoms with van der Waals surface area (Å²) in [6.07, 6.45) is 4.00. The maximum atomic E-state index is 5.52. The van der Waals surface area contributed by atoms with E-state index in [4.69, 9.17) is 4.74 Å². The SMILES string of the molecule is COc1ccccc1CN1CC(C)(C2CC2)NCCC1C. The molecule has 1 aromatic rings. The van der Waals surface area contributed by atoms with Crippen LogP contribution >= 0.6 is 0 Å². The van der Waals surface area contributed by atoms with Crippen molar-refractivity contribution in [3.8, 4) is 5.75 Å². The van der Waals surface area contributed by atoms with E-state index >= 15 is 0 Å². The number of nitrogens with zero attached hydrogens (tertiary/aromatic N) is 1. The predicted octanol–water partition coefficient (Wildman–Crippen LogP) is 3.05. The fraction of sp³-hybridized carbons (Fsp3) is 0.667. The molecule has 0 spiro atoms. The summed E-state index contributed by atoms with van der Waals surface area (Å²) >= 11 is 0. The second-order valence-electron chi connectivity index (χ2n) is 6.97. The smallest absolute Gasteiger partial charge is 0.123 e. The molecule has 1 heterocycles. The highest BCUT2D eigenvalue weighted by Crippen LogP contribution is 2.41. The van der Waals surface area contributed by atoms with Crippen LogP contribution < -0.4 is 10.1 Å². The third kappa shape index (κ3) is 3.24. The lowest BCUT2D eigenvalue weighted by Crippen LogP contribution is -2.51. The second kappa shape index (κ2) is 5.98. The highest BCUT2D eigenvalue weighted by Gasteiger charge is 2.43. The number of methoxy groups -OCH3 is 1. The molecule has 2 aliphatic rings. The van der Waals surface area contributed by atoms with Gasteiger partial charge in [-0.2, -0.15) is 0 Å². The second-order valence-corrected chi connectivity index (χ2v) is 6.97. The quantitative estimate of drug-likeness (QED) is 0.921. The maximum Gasteiger partial charge on any atom is 0.123 e. The van der Waals surface area contributed by atoms with E-state index in [1.807, 2.05) is 6.07 Å². The Morgan fingerprint density at radius 2 is 2.05 bits per heavy atom. The average molecular weight is 288 g/mol. The minimum absolute atomic E-state index is 0.284. The van der Waals surface area contributed by atoms with E-state index in [1.54, 1.807) is 7.11 Å². The van der Waals surface area contributed by atoms with Crippen LogP contribution in [-0.2, 0) is 6.54 Å². The Hall–Kier alpha value is -1.06. The van der Waals surface area contributed by atoms with Crippen LogP contribution in [0.3, 0.4) is 0 Å². The van der Waals surface area contributed by atoms with Crippen LogP contribution in [0.2, 0.25) is 0 Å². The molecule has 0 bridgehead atoms. The van der Waals surface area contributed by atoms with E-state index in [0.29, 0.717) is 6.04 Å². The van der Waals surface area contributed by atoms with Crippen molar-refractivity contribution in [3.63, 3.8) is 0 Å². The molecule has 1 aromatic carbocycles. The maximum absolute atomic E-state index is 5.52. The number of benzene rings is 1. The van der Waals surface area contributed by atoms with Crippen LogP contribution in [0.4, 0.5) is 0 Å². The molecule has 1 aliphatic carbocycles. The molecule has 1 N–H and O–H groups in total. The molecule has 0 radical (unpaired) electrons. The molecule has 0 amide bonds. The molecule has 2 unspecified atom stereocenters. The Labute approximate surface area is 128 Å². The minimum Gasteiger partial charge on any atom is -0.496 e. The lowest BCUT2D eigenvalue weighted by molar-refractivity contribution is 0.153. The monoisotopic (exact) mass is 288 g/mol. The number of hydrogen-bond acceptors (Lipinski definition) is 3. The predicted molar refractivity (Wildman–Crippen MR) is 86.6 cm³/mol. The first-order valence-electron chi connectivity index (χ1n) is 8.23. The summed E-state index contributed by atoms with van der Waals surface area (Å²) in [5.41, 5.74) is 1.58. The van der Waals surface area contributed by atoms with Crippen molar-refractivity contribution in [2.24, 2.45) is 5.92 Å². The normalized spacial score (nSPS) is 30.9. The van der Waals surface area contributed by atoms with Gasteiger partial charge in [0, 0.05) is 30.2 Å². The Morgan fingerprint density at radius 3 is 2.76 bits per heavy atom. The van der Waals surface area contributed by atoms with Gasteiger partial charge in [-0.3, -0.25) is 4.90 Å². The zero-order chi connectivity index (χ0) is 14.9. The number of para-hydroxylation sites is 1. The topological polar surface area (TPSA) is 24.5 Å². The van der Waals surface area contributed by atoms with Crippen molar-refractivity contribution in [2.75, 3.05) is 20.2 Å². The van der Waals surface area contributed by atoms with Crippen molar-refractivity contribution in [2.45, 2.75) is 51.2 Å². The van der Waals surface area contributed by atoms with Crippen molar-refractivity contribution in [3.05, 3.63) is 29.8 Å². The number of nitrogens with one attached hydrogen (secondary N) is 1. The molecule has 1 saturated carbocycles. The van der Waals surface area contributed by atoms with E-state index in [1.165, 1.54) is 24.8 Å². The van der Waals surface area contributed by atoms with Crippen LogP contribution in [0.25, 0.3) is 0 Å². The molecule has 1 aliphatic heterocycles. The minimum atomic E-state index is 0.284. The van der Waals surface area contributed by atoms with Gasteiger partial charge in [-0.15, -0.1) is 0 Å². The fourth-order valence-electron chi connectivity index (χ4n) is 3.64. The summed E-state index contributed by atoms with van der Waals surface area (Å²) in [4.78, 5) is 2.64. The summed E-state index contributed by atoms with van der Waals surface area (Å²) in [6, 6.07) is 9.03. The molecule has 116 valence electrons. The molecule has 3 heteroatoms. The molecular weight excluding hydrogens is 260 g/mol. The standard InChI is InChI=1S/C18H28N2O/c1-14-10-11-19-18(2,16-8-9-16)13-20(14)12-15-6-4-5-7-17(15)21-3/h4-7,14,16,19H,8-13H2,1-3H3. The summed E-state index contributed by atoms with van der Waals surface area (Å²) < 4.78 is 5.52. The molecule has 2 atom stereocenters.